The second kappa shape index (κ2) is 45.0. The minimum Gasteiger partial charge on any atom is -0.383 e. The van der Waals surface area contributed by atoms with Crippen LogP contribution in [0.1, 0.15) is 141 Å². The molecule has 28 atom stereocenters. The van der Waals surface area contributed by atoms with Gasteiger partial charge >= 0.3 is 87.4 Å². The number of ether oxygens (including phenoxy) is 7. The van der Waals surface area contributed by atoms with Crippen molar-refractivity contribution in [2.45, 2.75) is 236 Å². The summed E-state index contributed by atoms with van der Waals surface area (Å²) in [5.41, 5.74) is 2.21. The number of anilines is 2. The van der Waals surface area contributed by atoms with Gasteiger partial charge in [-0.05, 0) is 54.9 Å². The molecular weight excluding hydrogens is 2170 g/mol. The topological polar surface area (TPSA) is 709 Å². The van der Waals surface area contributed by atoms with Crippen LogP contribution >= 0.6 is 133 Å². The van der Waals surface area contributed by atoms with Gasteiger partial charge in [0, 0.05) is 134 Å². The average Bonchev–Trinajstić information content (AvgIpc) is 1.58. The zero-order chi connectivity index (χ0) is 103. The highest BCUT2D eigenvalue weighted by Gasteiger charge is 2.53. The van der Waals surface area contributed by atoms with E-state index in [1.165, 1.54) is 57.8 Å². The van der Waals surface area contributed by atoms with Crippen molar-refractivity contribution in [2.75, 3.05) is 58.2 Å². The summed E-state index contributed by atoms with van der Waals surface area (Å²) >= 11 is 29.6. The first-order valence-corrected chi connectivity index (χ1v) is 61.7. The van der Waals surface area contributed by atoms with Gasteiger partial charge in [0.25, 0.3) is 27.8 Å². The SMILES string of the molecule is CC[C@H]1O[C@@H](n2cc(C)c(N)nc2=O)C[C@H]1OP(=O)(S)OC[C@H]1O[C@@H](n2cc(C)c(=O)[nH]c2=O)C[C@H]1OP(=O)(S)OC[C@H]1O[C@@H](n2cc(C)c(=O)[nH]c2=O)C[C@H]1OP(=O)(S)OC[C@H]1O[C@@H](n2cc(C)c(=O)[nH]c2=O)C[C@H]1OP(=O)(S)OC[C@H]1O[C@@H](n2cc(C)c(=O)[nH]c2=O)C[C@H]1OP(=O)(S)OC[C@H]1O[C@@H](n2cc(C)c(=O)[nH]c2=O)C[C@H]1OP(=O)(S)OC[C@H]1O[C@@H](n2cc(C)c(N)nc2=O)C[C@H]1OP(=O)(S)OC. The molecule has 0 aromatic carbocycles. The first kappa shape index (κ1) is 112. The molecule has 9 N–H and O–H groups in total. The Morgan fingerprint density at radius 1 is 0.296 bits per heavy atom. The van der Waals surface area contributed by atoms with Gasteiger partial charge in [0.05, 0.1) is 51.8 Å². The van der Waals surface area contributed by atoms with Crippen molar-refractivity contribution in [3.63, 3.8) is 0 Å². The van der Waals surface area contributed by atoms with E-state index in [2.05, 4.69) is 121 Å². The molecule has 784 valence electrons. The summed E-state index contributed by atoms with van der Waals surface area (Å²) in [7, 11) is 1.05. The number of hydrogen-bond donors (Lipinski definition) is 14. The Morgan fingerprint density at radius 3 is 0.655 bits per heavy atom. The highest BCUT2D eigenvalue weighted by molar-refractivity contribution is 8.46. The minimum atomic E-state index is -4.98. The van der Waals surface area contributed by atoms with E-state index in [1.807, 2.05) is 0 Å². The predicted octanol–water partition coefficient (Wildman–Crippen LogP) is 5.70. The van der Waals surface area contributed by atoms with Crippen LogP contribution in [0.25, 0.3) is 0 Å². The Bertz CT molecular complexity index is 7000. The molecule has 0 saturated carbocycles. The maximum atomic E-state index is 14.9. The molecule has 142 heavy (non-hydrogen) atoms. The van der Waals surface area contributed by atoms with Crippen molar-refractivity contribution >= 4 is 145 Å². The van der Waals surface area contributed by atoms with Crippen LogP contribution in [-0.4, -0.2) is 199 Å². The lowest BCUT2D eigenvalue weighted by atomic mass is 10.1. The quantitative estimate of drug-likeness (QED) is 0.0161. The van der Waals surface area contributed by atoms with Gasteiger partial charge in [0.1, 0.15) is 128 Å². The third-order valence-corrected chi connectivity index (χ3v) is 35.1. The molecule has 0 radical (unpaired) electrons. The summed E-state index contributed by atoms with van der Waals surface area (Å²) in [6.07, 6.45) is -23.0. The molecule has 7 fully saturated rings. The smallest absolute Gasteiger partial charge is 0.383 e. The standard InChI is InChI=1S/C72H99N16O40P7S7/c1-10-38-39(11-52(115-38)82-18-31(2)59(73)75-66(82)94)123-130(102,137)109-26-47-41(13-54(117-47)84-20-33(4)61(89)77-68(84)96)125-132(104,139)111-28-49-43(15-56(119-49)86-22-35(6)63(91)79-70(86)98)127-134(106,141)113-30-51-45(17-58(121-51)88-24-37(8)65(93)81-72(88)100)128-135(107,142)114-29-50-44(16-57(120-50)87-23-36(7)64(92)80-71(87)99)126-133(105,140)112-27-48-42(14-55(118-48)85-21-34(5)62(90)78-69(85)97)124-131(103,138)110-25-46-40(122-129(101,136)108-9)12-53(116-46)83-19-32(3)60(74)76-67(83)95/h18-24,38-58H,10-17,25-30H2,1-9H3,(H,101,136)(H,102,137)(H,103,138)(H,104,139)(H,105,140)(H,106,141)(H,107,142)(H2,73,75,94)(H2,74,76,95)(H,77,89,96)(H,78,90,97)(H,79,91,98)(H,80,92,99)(H,81,93,100)/t38-,39-,40-,41-,42-,43-,44-,45-,46-,47-,48-,49-,50-,51-,52-,53-,54-,55-,56-,57-,58-,129?,130?,131?,132?,133?,134?,135?/m1/s1. The molecule has 7 aromatic heterocycles. The number of nitrogens with two attached hydrogens (primary N) is 2. The molecule has 0 bridgehead atoms. The maximum absolute atomic E-state index is 14.9. The molecule has 0 aliphatic carbocycles. The minimum absolute atomic E-state index is 0.000251. The second-order valence-electron chi connectivity index (χ2n) is 33.6. The molecule has 70 heteroatoms. The van der Waals surface area contributed by atoms with Crippen molar-refractivity contribution in [1.29, 1.82) is 0 Å². The predicted molar refractivity (Wildman–Crippen MR) is 519 cm³/mol. The first-order valence-electron chi connectivity index (χ1n) is 42.8. The maximum Gasteiger partial charge on any atom is 0.386 e. The van der Waals surface area contributed by atoms with Crippen molar-refractivity contribution in [2.24, 2.45) is 0 Å². The number of nitrogen functional groups attached to an aromatic ring is 2. The van der Waals surface area contributed by atoms with Crippen LogP contribution in [0.3, 0.4) is 0 Å². The zero-order valence-electron chi connectivity index (χ0n) is 75.8. The van der Waals surface area contributed by atoms with Crippen LogP contribution < -0.4 is 79.1 Å². The van der Waals surface area contributed by atoms with Gasteiger partial charge in [-0.2, -0.15) is 9.97 Å². The van der Waals surface area contributed by atoms with E-state index in [0.29, 0.717) is 11.1 Å². The molecule has 14 heterocycles. The third kappa shape index (κ3) is 27.4. The average molecular weight is 2270 g/mol. The van der Waals surface area contributed by atoms with Crippen LogP contribution in [0.5, 0.6) is 0 Å². The summed E-state index contributed by atoms with van der Waals surface area (Å²) in [5.74, 6) is -0.0707. The summed E-state index contributed by atoms with van der Waals surface area (Å²) in [4.78, 5) is 175. The highest BCUT2D eigenvalue weighted by Crippen LogP contribution is 2.65. The van der Waals surface area contributed by atoms with E-state index < -0.39 is 310 Å². The molecule has 0 amide bonds. The zero-order valence-corrected chi connectivity index (χ0v) is 88.4. The van der Waals surface area contributed by atoms with Gasteiger partial charge in [-0.1, -0.05) is 92.7 Å². The lowest BCUT2D eigenvalue weighted by molar-refractivity contribution is -0.0543. The molecule has 7 aromatic rings. The number of thiol groups is 7. The molecule has 7 unspecified atom stereocenters. The lowest BCUT2D eigenvalue weighted by Crippen LogP contribution is -2.33. The van der Waals surface area contributed by atoms with Crippen LogP contribution in [0.2, 0.25) is 0 Å². The molecular formula is C72H99N16O40P7S7. The molecule has 7 saturated heterocycles. The van der Waals surface area contributed by atoms with Gasteiger partial charge < -0.3 is 49.1 Å². The van der Waals surface area contributed by atoms with Crippen LogP contribution in [0.4, 0.5) is 11.6 Å². The number of H-pyrrole nitrogens is 5. The number of hydrogen-bond acceptors (Lipinski definition) is 44. The molecule has 0 spiro atoms. The Balaban J connectivity index is 0.665. The van der Waals surface area contributed by atoms with Gasteiger partial charge in [-0.15, -0.1) is 0 Å². The van der Waals surface area contributed by atoms with E-state index in [1.54, 1.807) is 20.8 Å². The second-order valence-corrected chi connectivity index (χ2v) is 53.8. The molecule has 7 aliphatic heterocycles. The fourth-order valence-corrected chi connectivity index (χ4v) is 26.3. The Hall–Kier alpha value is -6.02. The lowest BCUT2D eigenvalue weighted by Gasteiger charge is -2.27. The summed E-state index contributed by atoms with van der Waals surface area (Å²) in [5, 5.41) is 0. The third-order valence-electron chi connectivity index (χ3n) is 23.4. The Labute approximate surface area is 836 Å². The van der Waals surface area contributed by atoms with Crippen LogP contribution in [0.15, 0.2) is 101 Å². The summed E-state index contributed by atoms with van der Waals surface area (Å²) in [6.45, 7) is -26.5. The van der Waals surface area contributed by atoms with Crippen LogP contribution in [0, 0.1) is 48.5 Å². The number of aromatic amines is 5. The number of nitrogens with one attached hydrogen (secondary N) is 5. The monoisotopic (exact) mass is 2270 g/mol. The molecule has 7 aliphatic rings. The molecule has 14 rings (SSSR count). The summed E-state index contributed by atoms with van der Waals surface area (Å²) < 4.78 is 233. The van der Waals surface area contributed by atoms with Crippen molar-refractivity contribution in [1.82, 2.24) is 66.9 Å². The fourth-order valence-electron chi connectivity index (χ4n) is 16.1. The van der Waals surface area contributed by atoms with Crippen molar-refractivity contribution in [3.05, 3.63) is 207 Å². The number of rotatable bonds is 41. The Morgan fingerprint density at radius 2 is 0.465 bits per heavy atom. The van der Waals surface area contributed by atoms with E-state index in [0.717, 1.165) is 59.3 Å². The van der Waals surface area contributed by atoms with Gasteiger partial charge in [-0.25, -0.2) is 65.5 Å². The first-order chi connectivity index (χ1) is 66.4. The van der Waals surface area contributed by atoms with E-state index in [9.17, 15) is 89.5 Å². The number of aryl methyl sites for hydroxylation is 7. The van der Waals surface area contributed by atoms with Crippen LogP contribution in [-0.2, 0) is 128 Å². The van der Waals surface area contributed by atoms with E-state index in [4.69, 9.17) is 108 Å². The fraction of sp³-hybridized carbons (Fsp3) is 0.611. The van der Waals surface area contributed by atoms with Crippen molar-refractivity contribution < 1.29 is 128 Å². The largest absolute Gasteiger partial charge is 0.386 e. The van der Waals surface area contributed by atoms with E-state index >= 15 is 0 Å². The number of nitrogens with zero attached hydrogens (tertiary/aromatic N) is 9. The van der Waals surface area contributed by atoms with E-state index in [-0.39, 0.29) is 65.1 Å². The van der Waals surface area contributed by atoms with Gasteiger partial charge in [-0.3, -0.25) is 140 Å². The highest BCUT2D eigenvalue weighted by atomic mass is 32.7. The molecule has 56 nitrogen and oxygen atoms in total. The Kier molecular flexibility index (Phi) is 35.4. The van der Waals surface area contributed by atoms with Gasteiger partial charge in [0.15, 0.2) is 0 Å². The van der Waals surface area contributed by atoms with Gasteiger partial charge in [0.2, 0.25) is 0 Å². The summed E-state index contributed by atoms with van der Waals surface area (Å²) in [6, 6.07) is 0. The number of aromatic nitrogens is 14. The normalized spacial score (nSPS) is 29.8. The van der Waals surface area contributed by atoms with Crippen molar-refractivity contribution in [3.8, 4) is 0 Å².